The molecule has 1 aliphatic rings. The molecule has 1 unspecified atom stereocenters. The van der Waals surface area contributed by atoms with E-state index < -0.39 is 0 Å². The van der Waals surface area contributed by atoms with Crippen molar-refractivity contribution in [2.75, 3.05) is 0 Å². The minimum Gasteiger partial charge on any atom is -0.459 e. The molecular weight excluding hydrogens is 707 g/mol. The van der Waals surface area contributed by atoms with Gasteiger partial charge in [-0.15, -0.1) is 0 Å². The van der Waals surface area contributed by atoms with Gasteiger partial charge in [0.25, 0.3) is 0 Å². The number of rotatable bonds is 12. The standard InChI is InChI=1S/C54H49N3O/c1-7-8-20-37(3)58-38(4)21-18-19-36(2)52(56-53(55)39-22-10-9-11-23-39)42-32-41(40-30-31-49-47(35-40)44-24-12-15-27-48(44)54(49,5)6)33-43(34-42)57-50-28-16-13-25-45(50)46-26-14-17-29-51(46)57/h8-18,20-36,55H,3-4,7,19H2,1-2,5-6H3/b20-8-,21-18-,55-53?,56-52?. The first-order valence-corrected chi connectivity index (χ1v) is 20.1. The summed E-state index contributed by atoms with van der Waals surface area (Å²) in [5.41, 5.74) is 13.3. The molecule has 0 amide bonds. The van der Waals surface area contributed by atoms with Crippen LogP contribution in [0.25, 0.3) is 49.7 Å². The van der Waals surface area contributed by atoms with Crippen LogP contribution >= 0.6 is 0 Å². The van der Waals surface area contributed by atoms with Crippen LogP contribution in [0, 0.1) is 11.3 Å². The summed E-state index contributed by atoms with van der Waals surface area (Å²) in [7, 11) is 0. The molecule has 1 aromatic heterocycles. The van der Waals surface area contributed by atoms with Crippen molar-refractivity contribution in [3.05, 3.63) is 211 Å². The van der Waals surface area contributed by atoms with Gasteiger partial charge in [0.15, 0.2) is 5.84 Å². The Morgan fingerprint density at radius 2 is 1.31 bits per heavy atom. The Hall–Kier alpha value is -6.78. The molecule has 0 spiro atoms. The van der Waals surface area contributed by atoms with Crippen LogP contribution in [0.4, 0.5) is 0 Å². The Morgan fingerprint density at radius 1 is 0.690 bits per heavy atom. The summed E-state index contributed by atoms with van der Waals surface area (Å²) in [6.07, 6.45) is 9.40. The average Bonchev–Trinajstić information content (AvgIpc) is 3.70. The van der Waals surface area contributed by atoms with Crippen molar-refractivity contribution < 1.29 is 4.74 Å². The maximum absolute atomic E-state index is 9.24. The summed E-state index contributed by atoms with van der Waals surface area (Å²) < 4.78 is 8.20. The van der Waals surface area contributed by atoms with Crippen LogP contribution in [-0.2, 0) is 10.2 Å². The van der Waals surface area contributed by atoms with Crippen molar-refractivity contribution in [2.24, 2.45) is 10.9 Å². The lowest BCUT2D eigenvalue weighted by Crippen LogP contribution is -2.16. The van der Waals surface area contributed by atoms with E-state index in [4.69, 9.17) is 9.73 Å². The third-order valence-electron chi connectivity index (χ3n) is 11.3. The second-order valence-electron chi connectivity index (χ2n) is 15.7. The largest absolute Gasteiger partial charge is 0.459 e. The van der Waals surface area contributed by atoms with Gasteiger partial charge in [-0.25, -0.2) is 4.99 Å². The number of hydrogen-bond acceptors (Lipinski definition) is 2. The van der Waals surface area contributed by atoms with E-state index in [1.807, 2.05) is 48.6 Å². The van der Waals surface area contributed by atoms with Gasteiger partial charge in [-0.3, -0.25) is 5.41 Å². The van der Waals surface area contributed by atoms with E-state index in [-0.39, 0.29) is 17.2 Å². The fraction of sp³-hybridized carbons (Fsp3) is 0.148. The van der Waals surface area contributed by atoms with Crippen LogP contribution in [-0.4, -0.2) is 16.1 Å². The predicted octanol–water partition coefficient (Wildman–Crippen LogP) is 14.2. The topological polar surface area (TPSA) is 50.4 Å². The molecule has 1 heterocycles. The summed E-state index contributed by atoms with van der Waals surface area (Å²) in [6.45, 7) is 17.0. The fourth-order valence-corrected chi connectivity index (χ4v) is 8.40. The molecule has 7 aromatic rings. The highest BCUT2D eigenvalue weighted by atomic mass is 16.5. The third-order valence-corrected chi connectivity index (χ3v) is 11.3. The highest BCUT2D eigenvalue weighted by molar-refractivity contribution is 6.13. The summed E-state index contributed by atoms with van der Waals surface area (Å²) in [5, 5.41) is 11.6. The molecule has 286 valence electrons. The number of nitrogens with one attached hydrogen (secondary N) is 1. The Bertz CT molecular complexity index is 2760. The molecule has 8 rings (SSSR count). The van der Waals surface area contributed by atoms with Gasteiger partial charge < -0.3 is 9.30 Å². The van der Waals surface area contributed by atoms with Gasteiger partial charge in [0.1, 0.15) is 11.5 Å². The molecule has 58 heavy (non-hydrogen) atoms. The molecule has 1 aliphatic carbocycles. The lowest BCUT2D eigenvalue weighted by Gasteiger charge is -2.21. The molecule has 0 radical (unpaired) electrons. The second-order valence-corrected chi connectivity index (χ2v) is 15.7. The van der Waals surface area contributed by atoms with Gasteiger partial charge in [-0.2, -0.15) is 0 Å². The Kier molecular flexibility index (Phi) is 10.5. The molecule has 4 nitrogen and oxygen atoms in total. The first kappa shape index (κ1) is 38.1. The number of ether oxygens (including phenoxy) is 1. The van der Waals surface area contributed by atoms with Crippen molar-refractivity contribution >= 4 is 33.4 Å². The summed E-state index contributed by atoms with van der Waals surface area (Å²) in [4.78, 5) is 5.17. The average molecular weight is 756 g/mol. The zero-order valence-electron chi connectivity index (χ0n) is 33.8. The van der Waals surface area contributed by atoms with Crippen molar-refractivity contribution in [1.29, 1.82) is 5.41 Å². The zero-order chi connectivity index (χ0) is 40.4. The number of fused-ring (bicyclic) bond motifs is 6. The van der Waals surface area contributed by atoms with Crippen LogP contribution < -0.4 is 0 Å². The summed E-state index contributed by atoms with van der Waals surface area (Å²) >= 11 is 0. The van der Waals surface area contributed by atoms with Gasteiger partial charge in [-0.05, 0) is 100 Å². The number of aliphatic imine (C=N–C) groups is 1. The molecule has 0 bridgehead atoms. The van der Waals surface area contributed by atoms with E-state index in [1.165, 1.54) is 33.0 Å². The van der Waals surface area contributed by atoms with Gasteiger partial charge in [-0.1, -0.05) is 156 Å². The molecule has 0 fully saturated rings. The van der Waals surface area contributed by atoms with Gasteiger partial charge in [0, 0.05) is 33.4 Å². The molecule has 1 atom stereocenters. The van der Waals surface area contributed by atoms with Crippen molar-refractivity contribution in [1.82, 2.24) is 4.57 Å². The van der Waals surface area contributed by atoms with Crippen LogP contribution in [0.3, 0.4) is 0 Å². The zero-order valence-corrected chi connectivity index (χ0v) is 33.8. The molecule has 6 aromatic carbocycles. The van der Waals surface area contributed by atoms with Crippen molar-refractivity contribution in [3.8, 4) is 27.9 Å². The number of nitrogens with zero attached hydrogens (tertiary/aromatic N) is 2. The van der Waals surface area contributed by atoms with E-state index in [1.54, 1.807) is 0 Å². The molecule has 0 saturated heterocycles. The van der Waals surface area contributed by atoms with E-state index in [9.17, 15) is 5.41 Å². The maximum atomic E-state index is 9.24. The highest BCUT2D eigenvalue weighted by Crippen LogP contribution is 2.49. The van der Waals surface area contributed by atoms with Gasteiger partial charge in [0.2, 0.25) is 0 Å². The SMILES string of the molecule is C=C(/C=C\CC)OC(=C)/C=C\CC(C)C(=NC(=N)c1ccccc1)c1cc(-c2ccc3c(c2)-c2ccccc2C3(C)C)cc(-n2c3ccccc3c3ccccc32)c1. The first-order chi connectivity index (χ1) is 28.1. The first-order valence-electron chi connectivity index (χ1n) is 20.1. The highest BCUT2D eigenvalue weighted by Gasteiger charge is 2.35. The van der Waals surface area contributed by atoms with E-state index in [0.29, 0.717) is 17.9 Å². The van der Waals surface area contributed by atoms with Crippen LogP contribution in [0.15, 0.2) is 193 Å². The number of allylic oxidation sites excluding steroid dienone is 4. The number of aromatic nitrogens is 1. The molecule has 0 saturated carbocycles. The summed E-state index contributed by atoms with van der Waals surface area (Å²) in [6, 6.07) is 49.5. The number of amidine groups is 1. The lowest BCUT2D eigenvalue weighted by molar-refractivity contribution is 0.340. The number of hydrogen-bond donors (Lipinski definition) is 1. The monoisotopic (exact) mass is 755 g/mol. The Morgan fingerprint density at radius 3 is 2.02 bits per heavy atom. The lowest BCUT2D eigenvalue weighted by atomic mass is 9.82. The Balaban J connectivity index is 1.30. The molecule has 0 aliphatic heterocycles. The number of benzene rings is 6. The molecule has 4 heteroatoms. The maximum Gasteiger partial charge on any atom is 0.152 e. The minimum atomic E-state index is -0.0865. The van der Waals surface area contributed by atoms with Crippen LogP contribution in [0.1, 0.15) is 62.8 Å². The van der Waals surface area contributed by atoms with Crippen molar-refractivity contribution in [2.45, 2.75) is 46.0 Å². The second kappa shape index (κ2) is 16.0. The van der Waals surface area contributed by atoms with Crippen LogP contribution in [0.2, 0.25) is 0 Å². The normalized spacial score (nSPS) is 13.9. The number of para-hydroxylation sites is 2. The quantitative estimate of drug-likeness (QED) is 0.0574. The van der Waals surface area contributed by atoms with E-state index in [0.717, 1.165) is 51.1 Å². The fourth-order valence-electron chi connectivity index (χ4n) is 8.40. The van der Waals surface area contributed by atoms with E-state index in [2.05, 4.69) is 161 Å². The van der Waals surface area contributed by atoms with Gasteiger partial charge >= 0.3 is 0 Å². The molecule has 1 N–H and O–H groups in total. The Labute approximate surface area is 342 Å². The van der Waals surface area contributed by atoms with Crippen LogP contribution in [0.5, 0.6) is 0 Å². The van der Waals surface area contributed by atoms with Crippen molar-refractivity contribution in [3.63, 3.8) is 0 Å². The van der Waals surface area contributed by atoms with E-state index >= 15 is 0 Å². The molecular formula is C54H49N3O. The minimum absolute atomic E-state index is 0.0646. The third kappa shape index (κ3) is 7.30. The summed E-state index contributed by atoms with van der Waals surface area (Å²) in [5.74, 6) is 1.23. The predicted molar refractivity (Wildman–Crippen MR) is 245 cm³/mol. The van der Waals surface area contributed by atoms with Gasteiger partial charge in [0.05, 0.1) is 16.7 Å². The smallest absolute Gasteiger partial charge is 0.152 e.